The summed E-state index contributed by atoms with van der Waals surface area (Å²) < 4.78 is 25.0. The van der Waals surface area contributed by atoms with Crippen LogP contribution in [0.2, 0.25) is 0 Å². The van der Waals surface area contributed by atoms with Crippen molar-refractivity contribution in [3.63, 3.8) is 0 Å². The molecule has 2 N–H and O–H groups in total. The lowest BCUT2D eigenvalue weighted by molar-refractivity contribution is -0.0609. The molecule has 2 aliphatic heterocycles. The third-order valence-electron chi connectivity index (χ3n) is 5.80. The van der Waals surface area contributed by atoms with E-state index in [9.17, 15) is 19.4 Å². The Kier molecular flexibility index (Phi) is 5.37. The van der Waals surface area contributed by atoms with E-state index in [0.717, 1.165) is 0 Å². The van der Waals surface area contributed by atoms with Crippen molar-refractivity contribution in [3.8, 4) is 0 Å². The molecule has 0 saturated carbocycles. The van der Waals surface area contributed by atoms with E-state index in [-0.39, 0.29) is 36.8 Å². The van der Waals surface area contributed by atoms with Crippen molar-refractivity contribution in [2.45, 2.75) is 31.6 Å². The highest BCUT2D eigenvalue weighted by atomic mass is 19.1. The number of para-hydroxylation sites is 1. The third kappa shape index (κ3) is 3.41. The van der Waals surface area contributed by atoms with Gasteiger partial charge < -0.3 is 24.3 Å². The third-order valence-corrected chi connectivity index (χ3v) is 5.80. The SMILES string of the molecule is Cc1c(C(=O)N2CC[C@@H](O)[C@@H](O)[C@H](N3CCOCC3)C2)oc2c(F)cccc12. The molecule has 1 amide bonds. The minimum absolute atomic E-state index is 0.0722. The number of hydrogen-bond acceptors (Lipinski definition) is 6. The zero-order valence-corrected chi connectivity index (χ0v) is 15.8. The Balaban J connectivity index is 1.63. The maximum Gasteiger partial charge on any atom is 0.289 e. The Morgan fingerprint density at radius 3 is 2.68 bits per heavy atom. The summed E-state index contributed by atoms with van der Waals surface area (Å²) in [5.74, 6) is -0.757. The van der Waals surface area contributed by atoms with Crippen LogP contribution in [0.4, 0.5) is 4.39 Å². The van der Waals surface area contributed by atoms with Crippen LogP contribution in [-0.4, -0.2) is 83.6 Å². The number of rotatable bonds is 2. The molecular formula is C20H25FN2O5. The van der Waals surface area contributed by atoms with Crippen LogP contribution < -0.4 is 0 Å². The van der Waals surface area contributed by atoms with Crippen molar-refractivity contribution in [1.82, 2.24) is 9.80 Å². The Labute approximate surface area is 162 Å². The van der Waals surface area contributed by atoms with Crippen molar-refractivity contribution in [2.24, 2.45) is 0 Å². The highest BCUT2D eigenvalue weighted by Gasteiger charge is 2.38. The van der Waals surface area contributed by atoms with Crippen LogP contribution in [0, 0.1) is 12.7 Å². The number of furan rings is 1. The van der Waals surface area contributed by atoms with Gasteiger partial charge in [0.15, 0.2) is 17.2 Å². The Morgan fingerprint density at radius 2 is 1.96 bits per heavy atom. The first-order chi connectivity index (χ1) is 13.5. The second-order valence-corrected chi connectivity index (χ2v) is 7.49. The minimum Gasteiger partial charge on any atom is -0.448 e. The summed E-state index contributed by atoms with van der Waals surface area (Å²) in [6.07, 6.45) is -1.61. The van der Waals surface area contributed by atoms with Crippen LogP contribution in [0.5, 0.6) is 0 Å². The maximum absolute atomic E-state index is 14.1. The molecule has 3 heterocycles. The van der Waals surface area contributed by atoms with Gasteiger partial charge in [-0.15, -0.1) is 0 Å². The van der Waals surface area contributed by atoms with Gasteiger partial charge in [-0.05, 0) is 19.4 Å². The van der Waals surface area contributed by atoms with Gasteiger partial charge in [0, 0.05) is 37.1 Å². The lowest BCUT2D eigenvalue weighted by atomic mass is 10.0. The smallest absolute Gasteiger partial charge is 0.289 e. The number of morpholine rings is 1. The minimum atomic E-state index is -0.954. The van der Waals surface area contributed by atoms with Crippen LogP contribution in [0.1, 0.15) is 22.5 Å². The standard InChI is InChI=1S/C20H25FN2O5/c1-12-13-3-2-4-14(21)19(13)28-18(12)20(26)23-6-5-16(24)17(25)15(11-23)22-7-9-27-10-8-22/h2-4,15-17,24-25H,5-11H2,1H3/t15-,16-,17+/m1/s1. The van der Waals surface area contributed by atoms with Gasteiger partial charge in [-0.1, -0.05) is 12.1 Å². The largest absolute Gasteiger partial charge is 0.448 e. The van der Waals surface area contributed by atoms with E-state index < -0.39 is 24.1 Å². The number of ether oxygens (including phenoxy) is 1. The van der Waals surface area contributed by atoms with Crippen molar-refractivity contribution in [1.29, 1.82) is 0 Å². The molecule has 0 spiro atoms. The summed E-state index contributed by atoms with van der Waals surface area (Å²) >= 11 is 0. The van der Waals surface area contributed by atoms with Crippen molar-refractivity contribution < 1.29 is 28.6 Å². The average Bonchev–Trinajstić information content (AvgIpc) is 2.97. The molecule has 2 aromatic rings. The Hall–Kier alpha value is -2.00. The van der Waals surface area contributed by atoms with Crippen molar-refractivity contribution >= 4 is 16.9 Å². The molecular weight excluding hydrogens is 367 g/mol. The number of aliphatic hydroxyl groups is 2. The van der Waals surface area contributed by atoms with E-state index in [2.05, 4.69) is 0 Å². The molecule has 0 unspecified atom stereocenters. The maximum atomic E-state index is 14.1. The van der Waals surface area contributed by atoms with Gasteiger partial charge in [0.1, 0.15) is 0 Å². The first kappa shape index (κ1) is 19.3. The fourth-order valence-electron chi connectivity index (χ4n) is 4.12. The summed E-state index contributed by atoms with van der Waals surface area (Å²) in [4.78, 5) is 16.8. The predicted octanol–water partition coefficient (Wildman–Crippen LogP) is 1.15. The summed E-state index contributed by atoms with van der Waals surface area (Å²) in [7, 11) is 0. The summed E-state index contributed by atoms with van der Waals surface area (Å²) in [5, 5.41) is 21.5. The number of carbonyl (C=O) groups is 1. The number of hydrogen-bond donors (Lipinski definition) is 2. The number of fused-ring (bicyclic) bond motifs is 1. The molecule has 2 aliphatic rings. The van der Waals surface area contributed by atoms with Crippen LogP contribution in [-0.2, 0) is 4.74 Å². The number of aryl methyl sites for hydroxylation is 1. The molecule has 152 valence electrons. The molecule has 1 aromatic heterocycles. The number of amides is 1. The summed E-state index contributed by atoms with van der Waals surface area (Å²) in [6, 6.07) is 4.21. The van der Waals surface area contributed by atoms with E-state index in [1.807, 2.05) is 4.90 Å². The van der Waals surface area contributed by atoms with Gasteiger partial charge in [0.05, 0.1) is 31.5 Å². The molecule has 28 heavy (non-hydrogen) atoms. The summed E-state index contributed by atoms with van der Waals surface area (Å²) in [6.45, 7) is 4.65. The second-order valence-electron chi connectivity index (χ2n) is 7.49. The lowest BCUT2D eigenvalue weighted by Gasteiger charge is -2.38. The monoisotopic (exact) mass is 392 g/mol. The lowest BCUT2D eigenvalue weighted by Crippen LogP contribution is -2.55. The van der Waals surface area contributed by atoms with Gasteiger partial charge in [-0.25, -0.2) is 4.39 Å². The highest BCUT2D eigenvalue weighted by molar-refractivity contribution is 5.99. The fraction of sp³-hybridized carbons (Fsp3) is 0.550. The number of nitrogens with zero attached hydrogens (tertiary/aromatic N) is 2. The number of benzene rings is 1. The zero-order chi connectivity index (χ0) is 19.8. The van der Waals surface area contributed by atoms with E-state index in [1.165, 1.54) is 6.07 Å². The van der Waals surface area contributed by atoms with E-state index >= 15 is 0 Å². The topological polar surface area (TPSA) is 86.4 Å². The van der Waals surface area contributed by atoms with Crippen molar-refractivity contribution in [3.05, 3.63) is 35.3 Å². The molecule has 0 aliphatic carbocycles. The second kappa shape index (κ2) is 7.79. The summed E-state index contributed by atoms with van der Waals surface area (Å²) in [5.41, 5.74) is 0.663. The molecule has 0 bridgehead atoms. The molecule has 7 nitrogen and oxygen atoms in total. The molecule has 4 rings (SSSR count). The molecule has 1 aromatic carbocycles. The van der Waals surface area contributed by atoms with E-state index in [1.54, 1.807) is 24.0 Å². The van der Waals surface area contributed by atoms with E-state index in [0.29, 0.717) is 37.3 Å². The zero-order valence-electron chi connectivity index (χ0n) is 15.8. The van der Waals surface area contributed by atoms with Gasteiger partial charge in [0.25, 0.3) is 5.91 Å². The van der Waals surface area contributed by atoms with Gasteiger partial charge >= 0.3 is 0 Å². The molecule has 8 heteroatoms. The van der Waals surface area contributed by atoms with Crippen LogP contribution >= 0.6 is 0 Å². The number of halogens is 1. The number of carbonyl (C=O) groups excluding carboxylic acids is 1. The highest BCUT2D eigenvalue weighted by Crippen LogP contribution is 2.29. The Morgan fingerprint density at radius 1 is 1.21 bits per heavy atom. The van der Waals surface area contributed by atoms with Gasteiger partial charge in [-0.2, -0.15) is 0 Å². The van der Waals surface area contributed by atoms with Crippen LogP contribution in [0.25, 0.3) is 11.0 Å². The molecule has 0 radical (unpaired) electrons. The van der Waals surface area contributed by atoms with Crippen molar-refractivity contribution in [2.75, 3.05) is 39.4 Å². The first-order valence-corrected chi connectivity index (χ1v) is 9.62. The number of likely N-dealkylation sites (tertiary alicyclic amines) is 1. The normalized spacial score (nSPS) is 27.1. The average molecular weight is 392 g/mol. The molecule has 2 fully saturated rings. The molecule has 2 saturated heterocycles. The van der Waals surface area contributed by atoms with Gasteiger partial charge in [0.2, 0.25) is 0 Å². The Bertz CT molecular complexity index is 864. The number of aliphatic hydroxyl groups excluding tert-OH is 2. The van der Waals surface area contributed by atoms with Gasteiger partial charge in [-0.3, -0.25) is 9.69 Å². The predicted molar refractivity (Wildman–Crippen MR) is 99.6 cm³/mol. The van der Waals surface area contributed by atoms with Crippen LogP contribution in [0.3, 0.4) is 0 Å². The quantitative estimate of drug-likeness (QED) is 0.798. The molecule has 3 atom stereocenters. The first-order valence-electron chi connectivity index (χ1n) is 9.62. The van der Waals surface area contributed by atoms with E-state index in [4.69, 9.17) is 9.15 Å². The van der Waals surface area contributed by atoms with Crippen LogP contribution in [0.15, 0.2) is 22.6 Å². The fourth-order valence-corrected chi connectivity index (χ4v) is 4.12.